The van der Waals surface area contributed by atoms with Gasteiger partial charge in [-0.25, -0.2) is 5.43 Å². The normalized spacial score (nSPS) is 12.7. The minimum Gasteiger partial charge on any atom is -0.271 e. The third kappa shape index (κ3) is 2.55. The zero-order valence-corrected chi connectivity index (χ0v) is 12.0. The molecule has 0 amide bonds. The Bertz CT molecular complexity index is 526. The minimum absolute atomic E-state index is 0.0650. The van der Waals surface area contributed by atoms with Crippen LogP contribution in [0.3, 0.4) is 0 Å². The van der Waals surface area contributed by atoms with Gasteiger partial charge >= 0.3 is 0 Å². The summed E-state index contributed by atoms with van der Waals surface area (Å²) in [6.07, 6.45) is 0. The number of rotatable bonds is 3. The average molecular weight is 313 g/mol. The molecule has 17 heavy (non-hydrogen) atoms. The first-order valence-corrected chi connectivity index (χ1v) is 6.85. The van der Waals surface area contributed by atoms with E-state index < -0.39 is 0 Å². The number of hydrazine groups is 1. The lowest BCUT2D eigenvalue weighted by Crippen LogP contribution is -2.29. The summed E-state index contributed by atoms with van der Waals surface area (Å²) >= 11 is 5.16. The second kappa shape index (κ2) is 5.22. The summed E-state index contributed by atoms with van der Waals surface area (Å²) in [6, 6.07) is 1.95. The number of nitrogens with two attached hydrogens (primary N) is 1. The maximum atomic E-state index is 5.67. The Morgan fingerprint density at radius 1 is 1.29 bits per heavy atom. The topological polar surface area (TPSA) is 63.8 Å². The van der Waals surface area contributed by atoms with Crippen LogP contribution in [0.15, 0.2) is 21.3 Å². The van der Waals surface area contributed by atoms with E-state index in [1.807, 2.05) is 25.3 Å². The van der Waals surface area contributed by atoms with Crippen molar-refractivity contribution in [2.75, 3.05) is 0 Å². The van der Waals surface area contributed by atoms with E-state index in [0.29, 0.717) is 0 Å². The van der Waals surface area contributed by atoms with Crippen LogP contribution in [-0.4, -0.2) is 10.2 Å². The highest BCUT2D eigenvalue weighted by atomic mass is 79.9. The third-order valence-corrected chi connectivity index (χ3v) is 4.32. The van der Waals surface area contributed by atoms with Gasteiger partial charge in [-0.1, -0.05) is 0 Å². The van der Waals surface area contributed by atoms with Crippen molar-refractivity contribution < 1.29 is 0 Å². The summed E-state index contributed by atoms with van der Waals surface area (Å²) in [4.78, 5) is 0. The summed E-state index contributed by atoms with van der Waals surface area (Å²) < 4.78 is 1.05. The fourth-order valence-corrected chi connectivity index (χ4v) is 3.26. The molecule has 2 aromatic heterocycles. The molecule has 0 fully saturated rings. The maximum Gasteiger partial charge on any atom is 0.0748 e. The summed E-state index contributed by atoms with van der Waals surface area (Å²) in [5.41, 5.74) is 6.78. The maximum absolute atomic E-state index is 5.67. The summed E-state index contributed by atoms with van der Waals surface area (Å²) in [6.45, 7) is 3.86. The molecule has 0 saturated heterocycles. The molecule has 1 unspecified atom stereocenters. The molecule has 6 heteroatoms. The Morgan fingerprint density at radius 2 is 2.06 bits per heavy atom. The van der Waals surface area contributed by atoms with E-state index in [0.717, 1.165) is 27.0 Å². The van der Waals surface area contributed by atoms with Crippen molar-refractivity contribution in [1.82, 2.24) is 15.6 Å². The van der Waals surface area contributed by atoms with Crippen LogP contribution in [0.4, 0.5) is 0 Å². The summed E-state index contributed by atoms with van der Waals surface area (Å²) in [5, 5.41) is 12.3. The monoisotopic (exact) mass is 312 g/mol. The number of thiophene rings is 1. The van der Waals surface area contributed by atoms with Gasteiger partial charge in [-0.3, -0.25) is 5.84 Å². The molecule has 0 aliphatic rings. The van der Waals surface area contributed by atoms with Gasteiger partial charge in [0.15, 0.2) is 0 Å². The zero-order chi connectivity index (χ0) is 12.4. The van der Waals surface area contributed by atoms with Gasteiger partial charge in [0.05, 0.1) is 17.4 Å². The van der Waals surface area contributed by atoms with Gasteiger partial charge in [0, 0.05) is 9.85 Å². The second-order valence-corrected chi connectivity index (χ2v) is 5.40. The molecule has 2 heterocycles. The predicted octanol–water partition coefficient (Wildman–Crippen LogP) is 2.47. The lowest BCUT2D eigenvalue weighted by atomic mass is 10.0. The highest BCUT2D eigenvalue weighted by molar-refractivity contribution is 9.10. The van der Waals surface area contributed by atoms with Crippen molar-refractivity contribution in [2.45, 2.75) is 19.9 Å². The summed E-state index contributed by atoms with van der Waals surface area (Å²) in [5.74, 6) is 5.67. The second-order valence-electron chi connectivity index (χ2n) is 3.80. The van der Waals surface area contributed by atoms with Gasteiger partial charge in [-0.2, -0.15) is 21.5 Å². The number of aromatic nitrogens is 2. The van der Waals surface area contributed by atoms with Crippen LogP contribution in [0.25, 0.3) is 0 Å². The van der Waals surface area contributed by atoms with Crippen molar-refractivity contribution in [1.29, 1.82) is 0 Å². The molecule has 0 spiro atoms. The highest BCUT2D eigenvalue weighted by Crippen LogP contribution is 2.32. The molecule has 0 radical (unpaired) electrons. The fraction of sp³-hybridized carbons (Fsp3) is 0.273. The first-order valence-electron chi connectivity index (χ1n) is 5.12. The number of hydrogen-bond acceptors (Lipinski definition) is 5. The molecule has 1 atom stereocenters. The average Bonchev–Trinajstić information content (AvgIpc) is 2.71. The van der Waals surface area contributed by atoms with Crippen LogP contribution in [-0.2, 0) is 0 Å². The van der Waals surface area contributed by atoms with Crippen LogP contribution >= 0.6 is 27.3 Å². The minimum atomic E-state index is -0.0650. The number of nitrogens with zero attached hydrogens (tertiary/aromatic N) is 2. The summed E-state index contributed by atoms with van der Waals surface area (Å²) in [7, 11) is 0. The van der Waals surface area contributed by atoms with E-state index in [-0.39, 0.29) is 6.04 Å². The number of nitrogens with one attached hydrogen (secondary N) is 1. The van der Waals surface area contributed by atoms with Gasteiger partial charge in [0.2, 0.25) is 0 Å². The predicted molar refractivity (Wildman–Crippen MR) is 72.7 cm³/mol. The molecule has 3 N–H and O–H groups in total. The Morgan fingerprint density at radius 3 is 2.65 bits per heavy atom. The molecule has 0 aliphatic heterocycles. The van der Waals surface area contributed by atoms with Gasteiger partial charge in [0.25, 0.3) is 0 Å². The molecule has 2 aromatic rings. The molecule has 0 aromatic carbocycles. The van der Waals surface area contributed by atoms with E-state index >= 15 is 0 Å². The Hall–Kier alpha value is -0.820. The molecule has 0 saturated carbocycles. The van der Waals surface area contributed by atoms with Crippen LogP contribution in [0.5, 0.6) is 0 Å². The van der Waals surface area contributed by atoms with Crippen molar-refractivity contribution in [2.24, 2.45) is 5.84 Å². The van der Waals surface area contributed by atoms with E-state index in [1.54, 1.807) is 11.3 Å². The first-order chi connectivity index (χ1) is 8.13. The van der Waals surface area contributed by atoms with E-state index in [2.05, 4.69) is 36.9 Å². The third-order valence-electron chi connectivity index (χ3n) is 2.57. The lowest BCUT2D eigenvalue weighted by Gasteiger charge is -2.17. The van der Waals surface area contributed by atoms with Gasteiger partial charge < -0.3 is 0 Å². The Labute approximate surface area is 112 Å². The zero-order valence-electron chi connectivity index (χ0n) is 9.57. The van der Waals surface area contributed by atoms with E-state index in [9.17, 15) is 0 Å². The van der Waals surface area contributed by atoms with Crippen molar-refractivity contribution >= 4 is 27.3 Å². The molecule has 2 rings (SSSR count). The number of halogens is 1. The quantitative estimate of drug-likeness (QED) is 0.675. The van der Waals surface area contributed by atoms with Crippen molar-refractivity contribution in [3.63, 3.8) is 0 Å². The first kappa shape index (κ1) is 12.6. The van der Waals surface area contributed by atoms with Crippen LogP contribution < -0.4 is 11.3 Å². The van der Waals surface area contributed by atoms with E-state index in [1.165, 1.54) is 0 Å². The molecule has 0 bridgehead atoms. The number of aryl methyl sites for hydroxylation is 2. The SMILES string of the molecule is Cc1cc(C(NN)c2cscc2Br)c(C)nn1. The molecular weight excluding hydrogens is 300 g/mol. The highest BCUT2D eigenvalue weighted by Gasteiger charge is 2.19. The molecule has 90 valence electrons. The van der Waals surface area contributed by atoms with Crippen LogP contribution in [0, 0.1) is 13.8 Å². The lowest BCUT2D eigenvalue weighted by molar-refractivity contribution is 0.625. The van der Waals surface area contributed by atoms with Gasteiger partial charge in [-0.05, 0) is 52.4 Å². The van der Waals surface area contributed by atoms with Crippen LogP contribution in [0.2, 0.25) is 0 Å². The molecular formula is C11H13BrN4S. The number of hydrogen-bond donors (Lipinski definition) is 2. The van der Waals surface area contributed by atoms with Crippen molar-refractivity contribution in [3.8, 4) is 0 Å². The smallest absolute Gasteiger partial charge is 0.0748 e. The molecule has 4 nitrogen and oxygen atoms in total. The van der Waals surface area contributed by atoms with Crippen LogP contribution in [0.1, 0.15) is 28.6 Å². The van der Waals surface area contributed by atoms with Crippen molar-refractivity contribution in [3.05, 3.63) is 43.8 Å². The fourth-order valence-electron chi connectivity index (χ4n) is 1.71. The Kier molecular flexibility index (Phi) is 3.88. The van der Waals surface area contributed by atoms with E-state index in [4.69, 9.17) is 5.84 Å². The Balaban J connectivity index is 2.49. The van der Waals surface area contributed by atoms with Gasteiger partial charge in [0.1, 0.15) is 0 Å². The molecule has 0 aliphatic carbocycles. The standard InChI is InChI=1S/C11H13BrN4S/c1-6-3-8(7(2)16-15-6)11(14-13)9-4-17-5-10(9)12/h3-5,11,14H,13H2,1-2H3. The largest absolute Gasteiger partial charge is 0.271 e. The van der Waals surface area contributed by atoms with Gasteiger partial charge in [-0.15, -0.1) is 0 Å².